The van der Waals surface area contributed by atoms with Gasteiger partial charge in [0.15, 0.2) is 0 Å². The Bertz CT molecular complexity index is 519. The average molecular weight is 271 g/mol. The molecule has 1 N–H and O–H groups in total. The van der Waals surface area contributed by atoms with Gasteiger partial charge in [0.1, 0.15) is 0 Å². The molecule has 0 radical (unpaired) electrons. The third kappa shape index (κ3) is 3.85. The first-order valence-electron chi connectivity index (χ1n) is 6.77. The van der Waals surface area contributed by atoms with E-state index < -0.39 is 0 Å². The molecule has 0 amide bonds. The van der Waals surface area contributed by atoms with Gasteiger partial charge in [0.25, 0.3) is 0 Å². The van der Waals surface area contributed by atoms with Gasteiger partial charge in [0.2, 0.25) is 0 Å². The Kier molecular flexibility index (Phi) is 5.06. The van der Waals surface area contributed by atoms with Crippen molar-refractivity contribution >= 4 is 11.8 Å². The lowest BCUT2D eigenvalue weighted by Gasteiger charge is -2.13. The minimum atomic E-state index is 0.419. The van der Waals surface area contributed by atoms with Gasteiger partial charge >= 0.3 is 0 Å². The van der Waals surface area contributed by atoms with E-state index in [1.807, 2.05) is 11.8 Å². The number of nitrogens with one attached hydrogen (secondary N) is 1. The molecule has 2 rings (SSSR count). The normalized spacial score (nSPS) is 12.4. The lowest BCUT2D eigenvalue weighted by Crippen LogP contribution is -2.17. The number of hydrogen-bond donors (Lipinski definition) is 1. The summed E-state index contributed by atoms with van der Waals surface area (Å²) in [5.74, 6) is 0. The van der Waals surface area contributed by atoms with Crippen LogP contribution in [0.4, 0.5) is 0 Å². The van der Waals surface area contributed by atoms with E-state index in [9.17, 15) is 0 Å². The summed E-state index contributed by atoms with van der Waals surface area (Å²) in [5.41, 5.74) is 2.67. The predicted molar refractivity (Wildman–Crippen MR) is 83.8 cm³/mol. The molecule has 1 unspecified atom stereocenters. The molecule has 0 aromatic heterocycles. The molecule has 2 aromatic carbocycles. The highest BCUT2D eigenvalue weighted by molar-refractivity contribution is 7.99. The maximum atomic E-state index is 3.43. The number of rotatable bonds is 5. The van der Waals surface area contributed by atoms with Gasteiger partial charge in [-0.05, 0) is 49.7 Å². The molecule has 0 saturated heterocycles. The van der Waals surface area contributed by atoms with Crippen LogP contribution in [0.15, 0.2) is 58.3 Å². The lowest BCUT2D eigenvalue weighted by molar-refractivity contribution is 0.598. The monoisotopic (exact) mass is 271 g/mol. The number of aryl methyl sites for hydroxylation is 1. The fourth-order valence-corrected chi connectivity index (χ4v) is 2.95. The molecule has 0 aliphatic rings. The standard InChI is InChI=1S/C17H21NS/c1-4-18-14(3)15-9-11-16(12-10-15)19-17-8-6-5-7-13(17)2/h5-12,14,18H,4H2,1-3H3. The first kappa shape index (κ1) is 14.2. The van der Waals surface area contributed by atoms with E-state index in [1.165, 1.54) is 20.9 Å². The van der Waals surface area contributed by atoms with Crippen molar-refractivity contribution in [2.45, 2.75) is 36.6 Å². The third-order valence-electron chi connectivity index (χ3n) is 3.21. The van der Waals surface area contributed by atoms with Crippen LogP contribution in [0.2, 0.25) is 0 Å². The first-order valence-corrected chi connectivity index (χ1v) is 7.59. The van der Waals surface area contributed by atoms with Gasteiger partial charge in [0, 0.05) is 15.8 Å². The van der Waals surface area contributed by atoms with Crippen LogP contribution >= 0.6 is 11.8 Å². The van der Waals surface area contributed by atoms with E-state index in [-0.39, 0.29) is 0 Å². The van der Waals surface area contributed by atoms with Crippen molar-refractivity contribution in [3.05, 3.63) is 59.7 Å². The van der Waals surface area contributed by atoms with Gasteiger partial charge in [-0.2, -0.15) is 0 Å². The zero-order valence-corrected chi connectivity index (χ0v) is 12.6. The topological polar surface area (TPSA) is 12.0 Å². The third-order valence-corrected chi connectivity index (χ3v) is 4.40. The molecule has 0 spiro atoms. The van der Waals surface area contributed by atoms with E-state index >= 15 is 0 Å². The van der Waals surface area contributed by atoms with E-state index in [4.69, 9.17) is 0 Å². The fourth-order valence-electron chi connectivity index (χ4n) is 2.05. The minimum absolute atomic E-state index is 0.419. The summed E-state index contributed by atoms with van der Waals surface area (Å²) in [6.45, 7) is 7.50. The van der Waals surface area contributed by atoms with Crippen LogP contribution in [-0.2, 0) is 0 Å². The van der Waals surface area contributed by atoms with Gasteiger partial charge in [0.05, 0.1) is 0 Å². The predicted octanol–water partition coefficient (Wildman–Crippen LogP) is 4.82. The number of hydrogen-bond acceptors (Lipinski definition) is 2. The smallest absolute Gasteiger partial charge is 0.0291 e. The second-order valence-electron chi connectivity index (χ2n) is 4.72. The maximum Gasteiger partial charge on any atom is 0.0291 e. The molecule has 0 heterocycles. The Morgan fingerprint density at radius 2 is 1.74 bits per heavy atom. The highest BCUT2D eigenvalue weighted by atomic mass is 32.2. The number of benzene rings is 2. The fraction of sp³-hybridized carbons (Fsp3) is 0.294. The Labute approximate surface area is 120 Å². The summed E-state index contributed by atoms with van der Waals surface area (Å²) >= 11 is 1.83. The van der Waals surface area contributed by atoms with Crippen LogP contribution in [0.5, 0.6) is 0 Å². The molecule has 100 valence electrons. The first-order chi connectivity index (χ1) is 9.20. The molecule has 1 atom stereocenters. The molecule has 0 fully saturated rings. The minimum Gasteiger partial charge on any atom is -0.310 e. The highest BCUT2D eigenvalue weighted by Crippen LogP contribution is 2.30. The molecule has 2 aromatic rings. The largest absolute Gasteiger partial charge is 0.310 e. The molecule has 1 nitrogen and oxygen atoms in total. The van der Waals surface area contributed by atoms with E-state index in [0.717, 1.165) is 6.54 Å². The Morgan fingerprint density at radius 1 is 1.05 bits per heavy atom. The van der Waals surface area contributed by atoms with Crippen LogP contribution in [0.1, 0.15) is 31.0 Å². The van der Waals surface area contributed by atoms with Gasteiger partial charge in [-0.3, -0.25) is 0 Å². The summed E-state index contributed by atoms with van der Waals surface area (Å²) in [5, 5.41) is 3.43. The van der Waals surface area contributed by atoms with Crippen molar-refractivity contribution in [3.8, 4) is 0 Å². The van der Waals surface area contributed by atoms with Gasteiger partial charge in [-0.25, -0.2) is 0 Å². The maximum absolute atomic E-state index is 3.43. The summed E-state index contributed by atoms with van der Waals surface area (Å²) in [4.78, 5) is 2.62. The summed E-state index contributed by atoms with van der Waals surface area (Å²) in [7, 11) is 0. The van der Waals surface area contributed by atoms with Crippen LogP contribution in [0, 0.1) is 6.92 Å². The van der Waals surface area contributed by atoms with Crippen molar-refractivity contribution in [3.63, 3.8) is 0 Å². The lowest BCUT2D eigenvalue weighted by atomic mass is 10.1. The molecule has 0 aliphatic carbocycles. The molecule has 0 saturated carbocycles. The molecule has 0 aliphatic heterocycles. The van der Waals surface area contributed by atoms with Crippen molar-refractivity contribution in [1.29, 1.82) is 0 Å². The Hall–Kier alpha value is -1.25. The molecule has 0 bridgehead atoms. The second kappa shape index (κ2) is 6.78. The summed E-state index contributed by atoms with van der Waals surface area (Å²) < 4.78 is 0. The van der Waals surface area contributed by atoms with Crippen molar-refractivity contribution < 1.29 is 0 Å². The Morgan fingerprint density at radius 3 is 2.37 bits per heavy atom. The summed E-state index contributed by atoms with van der Waals surface area (Å²) in [6, 6.07) is 17.8. The van der Waals surface area contributed by atoms with Crippen molar-refractivity contribution in [2.75, 3.05) is 6.54 Å². The van der Waals surface area contributed by atoms with Gasteiger partial charge in [-0.15, -0.1) is 0 Å². The van der Waals surface area contributed by atoms with Crippen molar-refractivity contribution in [2.24, 2.45) is 0 Å². The highest BCUT2D eigenvalue weighted by Gasteiger charge is 2.04. The summed E-state index contributed by atoms with van der Waals surface area (Å²) in [6.07, 6.45) is 0. The molecule has 2 heteroatoms. The zero-order valence-electron chi connectivity index (χ0n) is 11.8. The molecular formula is C17H21NS. The van der Waals surface area contributed by atoms with Gasteiger partial charge < -0.3 is 5.32 Å². The van der Waals surface area contributed by atoms with Crippen molar-refractivity contribution in [1.82, 2.24) is 5.32 Å². The van der Waals surface area contributed by atoms with Crippen LogP contribution in [0.3, 0.4) is 0 Å². The van der Waals surface area contributed by atoms with Crippen LogP contribution in [-0.4, -0.2) is 6.54 Å². The van der Waals surface area contributed by atoms with E-state index in [2.05, 4.69) is 74.6 Å². The van der Waals surface area contributed by atoms with E-state index in [1.54, 1.807) is 0 Å². The quantitative estimate of drug-likeness (QED) is 0.837. The Balaban J connectivity index is 2.09. The molecular weight excluding hydrogens is 250 g/mol. The van der Waals surface area contributed by atoms with Crippen LogP contribution in [0.25, 0.3) is 0 Å². The SMILES string of the molecule is CCNC(C)c1ccc(Sc2ccccc2C)cc1. The zero-order chi connectivity index (χ0) is 13.7. The van der Waals surface area contributed by atoms with E-state index in [0.29, 0.717) is 6.04 Å². The molecule has 19 heavy (non-hydrogen) atoms. The average Bonchev–Trinajstić information content (AvgIpc) is 2.42. The second-order valence-corrected chi connectivity index (χ2v) is 5.83. The van der Waals surface area contributed by atoms with Crippen LogP contribution < -0.4 is 5.32 Å². The van der Waals surface area contributed by atoms with Gasteiger partial charge in [-0.1, -0.05) is 49.0 Å².